The predicted octanol–water partition coefficient (Wildman–Crippen LogP) is 2.37. The molecule has 1 aromatic carbocycles. The topological polar surface area (TPSA) is 38.7 Å². The van der Waals surface area contributed by atoms with Crippen LogP contribution in [-0.2, 0) is 4.74 Å². The van der Waals surface area contributed by atoms with Gasteiger partial charge in [0.05, 0.1) is 0 Å². The first-order valence-electron chi connectivity index (χ1n) is 5.36. The number of halogens is 1. The van der Waals surface area contributed by atoms with Crippen LogP contribution in [0.25, 0.3) is 0 Å². The van der Waals surface area contributed by atoms with Crippen molar-refractivity contribution in [1.29, 1.82) is 0 Å². The van der Waals surface area contributed by atoms with Gasteiger partial charge in [-0.1, -0.05) is 15.9 Å². The van der Waals surface area contributed by atoms with Crippen LogP contribution in [0.5, 0.6) is 5.75 Å². The summed E-state index contributed by atoms with van der Waals surface area (Å²) in [5.74, 6) is 0.781. The molecule has 0 bridgehead atoms. The molecule has 1 N–H and O–H groups in total. The summed E-state index contributed by atoms with van der Waals surface area (Å²) in [7, 11) is 0. The number of hydrogen-bond acceptors (Lipinski definition) is 3. The van der Waals surface area contributed by atoms with Crippen LogP contribution in [0.3, 0.4) is 0 Å². The van der Waals surface area contributed by atoms with Crippen LogP contribution in [0, 0.1) is 0 Å². The van der Waals surface area contributed by atoms with Crippen LogP contribution in [-0.4, -0.2) is 30.5 Å². The molecule has 1 heterocycles. The van der Waals surface area contributed by atoms with E-state index >= 15 is 0 Å². The van der Waals surface area contributed by atoms with Crippen LogP contribution in [0.2, 0.25) is 0 Å². The molecule has 0 aromatic heterocycles. The van der Waals surface area contributed by atoms with Gasteiger partial charge in [0, 0.05) is 30.5 Å². The zero-order valence-corrected chi connectivity index (χ0v) is 10.6. The Balaban J connectivity index is 1.88. The van der Waals surface area contributed by atoms with Crippen molar-refractivity contribution < 1.29 is 14.6 Å². The molecule has 0 spiro atoms. The second-order valence-electron chi connectivity index (χ2n) is 4.08. The van der Waals surface area contributed by atoms with Gasteiger partial charge >= 0.3 is 0 Å². The summed E-state index contributed by atoms with van der Waals surface area (Å²) in [6, 6.07) is 7.60. The van der Waals surface area contributed by atoms with Crippen molar-refractivity contribution in [2.24, 2.45) is 0 Å². The average Bonchev–Trinajstić information content (AvgIpc) is 2.29. The third-order valence-electron chi connectivity index (χ3n) is 2.74. The molecule has 1 fully saturated rings. The third kappa shape index (κ3) is 3.20. The smallest absolute Gasteiger partial charge is 0.119 e. The summed E-state index contributed by atoms with van der Waals surface area (Å²) in [6.07, 6.45) is 1.28. The Morgan fingerprint density at radius 2 is 1.88 bits per heavy atom. The third-order valence-corrected chi connectivity index (χ3v) is 3.27. The quantitative estimate of drug-likeness (QED) is 0.927. The molecule has 0 atom stereocenters. The van der Waals surface area contributed by atoms with E-state index in [0.717, 1.165) is 10.2 Å². The second-order valence-corrected chi connectivity index (χ2v) is 4.99. The van der Waals surface area contributed by atoms with Crippen LogP contribution < -0.4 is 4.74 Å². The predicted molar refractivity (Wildman–Crippen MR) is 64.6 cm³/mol. The molecule has 88 valence electrons. The molecule has 1 aromatic rings. The van der Waals surface area contributed by atoms with E-state index in [1.807, 2.05) is 24.3 Å². The van der Waals surface area contributed by atoms with Gasteiger partial charge in [0.25, 0.3) is 0 Å². The van der Waals surface area contributed by atoms with Crippen molar-refractivity contribution in [2.75, 3.05) is 19.8 Å². The second kappa shape index (κ2) is 5.17. The zero-order valence-electron chi connectivity index (χ0n) is 8.99. The first-order chi connectivity index (χ1) is 7.68. The molecular weight excluding hydrogens is 272 g/mol. The number of hydrogen-bond donors (Lipinski definition) is 1. The summed E-state index contributed by atoms with van der Waals surface area (Å²) < 4.78 is 11.8. The molecule has 0 unspecified atom stereocenters. The molecule has 16 heavy (non-hydrogen) atoms. The lowest BCUT2D eigenvalue weighted by molar-refractivity contribution is -0.0855. The maximum atomic E-state index is 10.2. The van der Waals surface area contributed by atoms with E-state index in [1.54, 1.807) is 0 Å². The van der Waals surface area contributed by atoms with Crippen LogP contribution in [0.15, 0.2) is 28.7 Å². The van der Waals surface area contributed by atoms with Crippen LogP contribution in [0.4, 0.5) is 0 Å². The minimum Gasteiger partial charge on any atom is -0.491 e. The summed E-state index contributed by atoms with van der Waals surface area (Å²) in [5, 5.41) is 10.2. The summed E-state index contributed by atoms with van der Waals surface area (Å²) in [4.78, 5) is 0. The minimum atomic E-state index is -0.731. The molecule has 4 heteroatoms. The van der Waals surface area contributed by atoms with E-state index in [1.165, 1.54) is 0 Å². The van der Waals surface area contributed by atoms with Crippen LogP contribution >= 0.6 is 15.9 Å². The highest BCUT2D eigenvalue weighted by Crippen LogP contribution is 2.23. The summed E-state index contributed by atoms with van der Waals surface area (Å²) >= 11 is 3.36. The lowest BCUT2D eigenvalue weighted by Gasteiger charge is -2.31. The number of benzene rings is 1. The van der Waals surface area contributed by atoms with Crippen molar-refractivity contribution in [3.63, 3.8) is 0 Å². The van der Waals surface area contributed by atoms with Crippen molar-refractivity contribution in [1.82, 2.24) is 0 Å². The van der Waals surface area contributed by atoms with Gasteiger partial charge in [-0.3, -0.25) is 0 Å². The molecule has 3 nitrogen and oxygen atoms in total. The maximum Gasteiger partial charge on any atom is 0.119 e. The fourth-order valence-corrected chi connectivity index (χ4v) is 1.91. The molecule has 1 aliphatic rings. The Labute approximate surface area is 104 Å². The van der Waals surface area contributed by atoms with Gasteiger partial charge in [-0.25, -0.2) is 0 Å². The largest absolute Gasteiger partial charge is 0.491 e. The van der Waals surface area contributed by atoms with Gasteiger partial charge in [-0.05, 0) is 24.3 Å². The maximum absolute atomic E-state index is 10.2. The normalized spacial score (nSPS) is 19.4. The highest BCUT2D eigenvalue weighted by atomic mass is 79.9. The standard InChI is InChI=1S/C12H15BrO3/c13-10-1-3-11(4-2-10)16-9-12(14)5-7-15-8-6-12/h1-4,14H,5-9H2. The summed E-state index contributed by atoms with van der Waals surface area (Å²) in [6.45, 7) is 1.55. The van der Waals surface area contributed by atoms with Crippen molar-refractivity contribution in [3.05, 3.63) is 28.7 Å². The van der Waals surface area contributed by atoms with Gasteiger partial charge in [0.1, 0.15) is 18.0 Å². The first-order valence-corrected chi connectivity index (χ1v) is 6.16. The van der Waals surface area contributed by atoms with E-state index in [9.17, 15) is 5.11 Å². The Hall–Kier alpha value is -0.580. The lowest BCUT2D eigenvalue weighted by Crippen LogP contribution is -2.41. The SMILES string of the molecule is OC1(COc2ccc(Br)cc2)CCOCC1. The highest BCUT2D eigenvalue weighted by Gasteiger charge is 2.30. The fourth-order valence-electron chi connectivity index (χ4n) is 1.64. The lowest BCUT2D eigenvalue weighted by atomic mass is 9.96. The molecular formula is C12H15BrO3. The van der Waals surface area contributed by atoms with Crippen molar-refractivity contribution in [2.45, 2.75) is 18.4 Å². The van der Waals surface area contributed by atoms with Gasteiger partial charge in [-0.15, -0.1) is 0 Å². The summed E-state index contributed by atoms with van der Waals surface area (Å²) in [5.41, 5.74) is -0.731. The van der Waals surface area contributed by atoms with Crippen LogP contribution in [0.1, 0.15) is 12.8 Å². The number of ether oxygens (including phenoxy) is 2. The molecule has 0 aliphatic carbocycles. The zero-order chi connectivity index (χ0) is 11.4. The van der Waals surface area contributed by atoms with E-state index in [4.69, 9.17) is 9.47 Å². The molecule has 1 aliphatic heterocycles. The van der Waals surface area contributed by atoms with E-state index in [-0.39, 0.29) is 0 Å². The van der Waals surface area contributed by atoms with Gasteiger partial charge < -0.3 is 14.6 Å². The Bertz CT molecular complexity index is 331. The van der Waals surface area contributed by atoms with E-state index in [2.05, 4.69) is 15.9 Å². The highest BCUT2D eigenvalue weighted by molar-refractivity contribution is 9.10. The Kier molecular flexibility index (Phi) is 3.84. The molecule has 2 rings (SSSR count). The monoisotopic (exact) mass is 286 g/mol. The van der Waals surface area contributed by atoms with E-state index < -0.39 is 5.60 Å². The molecule has 0 radical (unpaired) electrons. The molecule has 0 amide bonds. The first kappa shape index (κ1) is 11.9. The number of aliphatic hydroxyl groups is 1. The minimum absolute atomic E-state index is 0.331. The molecule has 0 saturated carbocycles. The Morgan fingerprint density at radius 1 is 1.25 bits per heavy atom. The van der Waals surface area contributed by atoms with E-state index in [0.29, 0.717) is 32.7 Å². The van der Waals surface area contributed by atoms with Gasteiger partial charge in [-0.2, -0.15) is 0 Å². The van der Waals surface area contributed by atoms with Gasteiger partial charge in [0.15, 0.2) is 0 Å². The van der Waals surface area contributed by atoms with Crippen molar-refractivity contribution in [3.8, 4) is 5.75 Å². The number of rotatable bonds is 3. The molecule has 1 saturated heterocycles. The average molecular weight is 287 g/mol. The van der Waals surface area contributed by atoms with Gasteiger partial charge in [0.2, 0.25) is 0 Å². The fraction of sp³-hybridized carbons (Fsp3) is 0.500. The Morgan fingerprint density at radius 3 is 2.50 bits per heavy atom. The van der Waals surface area contributed by atoms with Crippen molar-refractivity contribution >= 4 is 15.9 Å².